The molecule has 3 rings (SSSR count). The van der Waals surface area contributed by atoms with Crippen LogP contribution in [0.5, 0.6) is 0 Å². The molecular formula is C16H12FN3O. The molecule has 0 spiro atoms. The molecule has 4 nitrogen and oxygen atoms in total. The van der Waals surface area contributed by atoms with Gasteiger partial charge in [0.1, 0.15) is 11.5 Å². The second-order valence-electron chi connectivity index (χ2n) is 4.57. The lowest BCUT2D eigenvalue weighted by atomic mass is 10.2. The highest BCUT2D eigenvalue weighted by atomic mass is 19.1. The van der Waals surface area contributed by atoms with Crippen LogP contribution in [0.3, 0.4) is 0 Å². The Balaban J connectivity index is 1.89. The van der Waals surface area contributed by atoms with Crippen molar-refractivity contribution in [1.82, 2.24) is 4.98 Å². The number of nitrogens with zero attached hydrogens (tertiary/aromatic N) is 1. The van der Waals surface area contributed by atoms with Gasteiger partial charge >= 0.3 is 0 Å². The van der Waals surface area contributed by atoms with Gasteiger partial charge in [0, 0.05) is 5.39 Å². The van der Waals surface area contributed by atoms with Crippen molar-refractivity contribution in [3.8, 4) is 0 Å². The fourth-order valence-electron chi connectivity index (χ4n) is 2.03. The molecule has 0 saturated heterocycles. The van der Waals surface area contributed by atoms with Crippen LogP contribution in [0.4, 0.5) is 15.8 Å². The lowest BCUT2D eigenvalue weighted by Crippen LogP contribution is -2.14. The highest BCUT2D eigenvalue weighted by Crippen LogP contribution is 2.20. The largest absolute Gasteiger partial charge is 0.397 e. The van der Waals surface area contributed by atoms with Gasteiger partial charge in [-0.3, -0.25) is 4.79 Å². The molecule has 0 aliphatic heterocycles. The fraction of sp³-hybridized carbons (Fsp3) is 0. The molecule has 1 amide bonds. The van der Waals surface area contributed by atoms with Gasteiger partial charge in [0.2, 0.25) is 0 Å². The van der Waals surface area contributed by atoms with Crippen LogP contribution >= 0.6 is 0 Å². The number of aromatic nitrogens is 1. The van der Waals surface area contributed by atoms with Crippen LogP contribution < -0.4 is 11.1 Å². The second-order valence-corrected chi connectivity index (χ2v) is 4.57. The van der Waals surface area contributed by atoms with Crippen LogP contribution in [0.2, 0.25) is 0 Å². The Bertz CT molecular complexity index is 833. The Morgan fingerprint density at radius 3 is 2.71 bits per heavy atom. The number of fused-ring (bicyclic) bond motifs is 1. The summed E-state index contributed by atoms with van der Waals surface area (Å²) in [7, 11) is 0. The molecule has 21 heavy (non-hydrogen) atoms. The number of benzene rings is 2. The normalized spacial score (nSPS) is 10.5. The minimum Gasteiger partial charge on any atom is -0.397 e. The van der Waals surface area contributed by atoms with Crippen molar-refractivity contribution in [3.63, 3.8) is 0 Å². The van der Waals surface area contributed by atoms with Crippen molar-refractivity contribution in [3.05, 3.63) is 66.1 Å². The summed E-state index contributed by atoms with van der Waals surface area (Å²) in [6.07, 6.45) is 0. The van der Waals surface area contributed by atoms with Crippen LogP contribution in [0.15, 0.2) is 54.6 Å². The number of carbonyl (C=O) groups excluding carboxylic acids is 1. The van der Waals surface area contributed by atoms with Gasteiger partial charge in [-0.05, 0) is 30.3 Å². The maximum Gasteiger partial charge on any atom is 0.274 e. The highest BCUT2D eigenvalue weighted by Gasteiger charge is 2.10. The van der Waals surface area contributed by atoms with E-state index >= 15 is 0 Å². The van der Waals surface area contributed by atoms with E-state index in [4.69, 9.17) is 5.73 Å². The van der Waals surface area contributed by atoms with Crippen molar-refractivity contribution in [2.75, 3.05) is 11.1 Å². The number of nitrogens with two attached hydrogens (primary N) is 1. The minimum absolute atomic E-state index is 0.170. The number of pyridine rings is 1. The summed E-state index contributed by atoms with van der Waals surface area (Å²) in [5.74, 6) is -0.839. The lowest BCUT2D eigenvalue weighted by molar-refractivity contribution is 0.102. The monoisotopic (exact) mass is 281 g/mol. The third kappa shape index (κ3) is 2.67. The first kappa shape index (κ1) is 13.1. The van der Waals surface area contributed by atoms with Crippen molar-refractivity contribution < 1.29 is 9.18 Å². The number of hydrogen-bond donors (Lipinski definition) is 2. The molecular weight excluding hydrogens is 269 g/mol. The van der Waals surface area contributed by atoms with Crippen molar-refractivity contribution >= 4 is 28.2 Å². The molecule has 0 radical (unpaired) electrons. The van der Waals surface area contributed by atoms with Gasteiger partial charge < -0.3 is 11.1 Å². The van der Waals surface area contributed by atoms with E-state index in [0.29, 0.717) is 5.69 Å². The van der Waals surface area contributed by atoms with E-state index < -0.39 is 5.82 Å². The number of anilines is 2. The molecule has 0 bridgehead atoms. The number of nitrogen functional groups attached to an aromatic ring is 1. The van der Waals surface area contributed by atoms with E-state index in [1.54, 1.807) is 6.07 Å². The number of rotatable bonds is 2. The first-order chi connectivity index (χ1) is 10.1. The number of halogens is 1. The first-order valence-corrected chi connectivity index (χ1v) is 6.36. The second kappa shape index (κ2) is 5.20. The molecule has 3 N–H and O–H groups in total. The van der Waals surface area contributed by atoms with Gasteiger partial charge in [0.25, 0.3) is 5.91 Å². The molecule has 0 unspecified atom stereocenters. The van der Waals surface area contributed by atoms with Crippen molar-refractivity contribution in [2.45, 2.75) is 0 Å². The Labute approximate surface area is 120 Å². The predicted octanol–water partition coefficient (Wildman–Crippen LogP) is 3.21. The molecule has 2 aromatic carbocycles. The van der Waals surface area contributed by atoms with Gasteiger partial charge in [0.05, 0.1) is 16.9 Å². The van der Waals surface area contributed by atoms with Crippen molar-refractivity contribution in [2.24, 2.45) is 0 Å². The molecule has 0 saturated carbocycles. The molecule has 5 heteroatoms. The zero-order valence-electron chi connectivity index (χ0n) is 11.0. The minimum atomic E-state index is -0.450. The summed E-state index contributed by atoms with van der Waals surface area (Å²) >= 11 is 0. The molecule has 3 aromatic rings. The Kier molecular flexibility index (Phi) is 3.23. The van der Waals surface area contributed by atoms with Crippen LogP contribution in [0, 0.1) is 5.82 Å². The summed E-state index contributed by atoms with van der Waals surface area (Å²) in [4.78, 5) is 16.5. The average molecular weight is 281 g/mol. The quantitative estimate of drug-likeness (QED) is 0.709. The first-order valence-electron chi connectivity index (χ1n) is 6.36. The summed E-state index contributed by atoms with van der Waals surface area (Å²) in [5.41, 5.74) is 7.20. The number of amides is 1. The van der Waals surface area contributed by atoms with Crippen LogP contribution in [-0.2, 0) is 0 Å². The van der Waals surface area contributed by atoms with E-state index in [0.717, 1.165) is 17.0 Å². The van der Waals surface area contributed by atoms with Gasteiger partial charge in [-0.15, -0.1) is 0 Å². The van der Waals surface area contributed by atoms with E-state index in [1.165, 1.54) is 12.1 Å². The topological polar surface area (TPSA) is 68.0 Å². The van der Waals surface area contributed by atoms with Gasteiger partial charge in [-0.2, -0.15) is 0 Å². The SMILES string of the molecule is Nc1cc(F)ccc1NC(=O)c1ccc2ccccc2n1. The van der Waals surface area contributed by atoms with E-state index in [-0.39, 0.29) is 17.3 Å². The van der Waals surface area contributed by atoms with Crippen molar-refractivity contribution in [1.29, 1.82) is 0 Å². The molecule has 0 fully saturated rings. The number of para-hydroxylation sites is 1. The Morgan fingerprint density at radius 1 is 1.10 bits per heavy atom. The smallest absolute Gasteiger partial charge is 0.274 e. The number of nitrogens with one attached hydrogen (secondary N) is 1. The number of hydrogen-bond acceptors (Lipinski definition) is 3. The third-order valence-corrected chi connectivity index (χ3v) is 3.09. The zero-order chi connectivity index (χ0) is 14.8. The van der Waals surface area contributed by atoms with Crippen LogP contribution in [0.25, 0.3) is 10.9 Å². The number of carbonyl (C=O) groups is 1. The summed E-state index contributed by atoms with van der Waals surface area (Å²) < 4.78 is 13.0. The Hall–Kier alpha value is -2.95. The predicted molar refractivity (Wildman–Crippen MR) is 80.5 cm³/mol. The van der Waals surface area contributed by atoms with Gasteiger partial charge in [-0.1, -0.05) is 24.3 Å². The molecule has 0 atom stereocenters. The van der Waals surface area contributed by atoms with Crippen LogP contribution in [0.1, 0.15) is 10.5 Å². The summed E-state index contributed by atoms with van der Waals surface area (Å²) in [6.45, 7) is 0. The maximum absolute atomic E-state index is 13.0. The molecule has 1 heterocycles. The van der Waals surface area contributed by atoms with E-state index in [1.807, 2.05) is 30.3 Å². The third-order valence-electron chi connectivity index (χ3n) is 3.09. The Morgan fingerprint density at radius 2 is 1.90 bits per heavy atom. The standard InChI is InChI=1S/C16H12FN3O/c17-11-6-8-14(12(18)9-11)20-16(21)15-7-5-10-3-1-2-4-13(10)19-15/h1-9H,18H2,(H,20,21). The lowest BCUT2D eigenvalue weighted by Gasteiger charge is -2.08. The molecule has 1 aromatic heterocycles. The highest BCUT2D eigenvalue weighted by molar-refractivity contribution is 6.05. The van der Waals surface area contributed by atoms with E-state index in [9.17, 15) is 9.18 Å². The fourth-order valence-corrected chi connectivity index (χ4v) is 2.03. The molecule has 0 aliphatic rings. The average Bonchev–Trinajstić information content (AvgIpc) is 2.49. The molecule has 104 valence electrons. The summed E-state index contributed by atoms with van der Waals surface area (Å²) in [5, 5.41) is 3.58. The van der Waals surface area contributed by atoms with Gasteiger partial charge in [0.15, 0.2) is 0 Å². The van der Waals surface area contributed by atoms with Gasteiger partial charge in [-0.25, -0.2) is 9.37 Å². The summed E-state index contributed by atoms with van der Waals surface area (Å²) in [6, 6.07) is 14.8. The van der Waals surface area contributed by atoms with E-state index in [2.05, 4.69) is 10.3 Å². The molecule has 0 aliphatic carbocycles. The maximum atomic E-state index is 13.0. The van der Waals surface area contributed by atoms with Crippen LogP contribution in [-0.4, -0.2) is 10.9 Å². The zero-order valence-corrected chi connectivity index (χ0v) is 11.0.